The summed E-state index contributed by atoms with van der Waals surface area (Å²) < 4.78 is 4.96. The molecule has 2 aromatic carbocycles. The summed E-state index contributed by atoms with van der Waals surface area (Å²) in [6, 6.07) is 17.5. The predicted octanol–water partition coefficient (Wildman–Crippen LogP) is 3.40. The van der Waals surface area contributed by atoms with Crippen molar-refractivity contribution in [3.63, 3.8) is 0 Å². The van der Waals surface area contributed by atoms with Gasteiger partial charge < -0.3 is 15.4 Å². The third-order valence-electron chi connectivity index (χ3n) is 3.69. The molecule has 0 fully saturated rings. The molecule has 0 bridgehead atoms. The first-order valence-corrected chi connectivity index (χ1v) is 8.36. The maximum absolute atomic E-state index is 12.2. The van der Waals surface area contributed by atoms with Gasteiger partial charge in [0.15, 0.2) is 0 Å². The number of ether oxygens (including phenoxy) is 1. The Bertz CT molecular complexity index is 638. The molecule has 2 N–H and O–H groups in total. The molecule has 0 aliphatic rings. The van der Waals surface area contributed by atoms with Crippen molar-refractivity contribution in [2.75, 3.05) is 26.8 Å². The number of hydrogen-bond donors (Lipinski definition) is 2. The average molecular weight is 383 g/mol. The first-order chi connectivity index (χ1) is 11.7. The van der Waals surface area contributed by atoms with E-state index in [1.165, 1.54) is 0 Å². The highest BCUT2D eigenvalue weighted by Crippen LogP contribution is 2.23. The van der Waals surface area contributed by atoms with E-state index >= 15 is 0 Å². The number of methoxy groups -OCH3 is 1. The molecular weight excluding hydrogens is 359 g/mol. The molecule has 2 rings (SSSR count). The normalized spacial score (nSPS) is 11.4. The third kappa shape index (κ3) is 7.45. The van der Waals surface area contributed by atoms with Crippen LogP contribution >= 0.6 is 24.0 Å². The molecule has 0 saturated carbocycles. The summed E-state index contributed by atoms with van der Waals surface area (Å²) in [6.45, 7) is 1.48. The summed E-state index contributed by atoms with van der Waals surface area (Å²) in [5, 5.41) is 6.85. The highest BCUT2D eigenvalue weighted by atomic mass is 35.5. The molecule has 0 aliphatic heterocycles. The number of rotatable bonds is 9. The monoisotopic (exact) mass is 382 g/mol. The predicted molar refractivity (Wildman–Crippen MR) is 104 cm³/mol. The molecule has 4 nitrogen and oxygen atoms in total. The van der Waals surface area contributed by atoms with Crippen molar-refractivity contribution in [1.29, 1.82) is 0 Å². The lowest BCUT2D eigenvalue weighted by Crippen LogP contribution is -2.38. The quantitative estimate of drug-likeness (QED) is 0.653. The van der Waals surface area contributed by atoms with Gasteiger partial charge in [0.25, 0.3) is 0 Å². The summed E-state index contributed by atoms with van der Waals surface area (Å²) in [5.74, 6) is -0.0491. The van der Waals surface area contributed by atoms with Crippen molar-refractivity contribution < 1.29 is 9.53 Å². The van der Waals surface area contributed by atoms with E-state index in [-0.39, 0.29) is 30.9 Å². The number of carbonyl (C=O) groups excluding carboxylic acids is 1. The standard InChI is InChI=1S/C19H23ClN2O2.ClH/c1-24-12-11-21-14-19(23)22-18(15-7-3-2-4-8-15)13-16-9-5-6-10-17(16)20;/h2-10,18,21H,11-14H2,1H3,(H,22,23);1H. The van der Waals surface area contributed by atoms with Gasteiger partial charge >= 0.3 is 0 Å². The van der Waals surface area contributed by atoms with Crippen LogP contribution in [-0.2, 0) is 16.0 Å². The van der Waals surface area contributed by atoms with Gasteiger partial charge in [-0.25, -0.2) is 0 Å². The van der Waals surface area contributed by atoms with Crippen LogP contribution < -0.4 is 10.6 Å². The molecule has 1 atom stereocenters. The lowest BCUT2D eigenvalue weighted by Gasteiger charge is -2.20. The summed E-state index contributed by atoms with van der Waals surface area (Å²) >= 11 is 6.27. The molecule has 1 amide bonds. The van der Waals surface area contributed by atoms with Crippen molar-refractivity contribution in [3.05, 3.63) is 70.7 Å². The van der Waals surface area contributed by atoms with Gasteiger partial charge in [0.05, 0.1) is 19.2 Å². The van der Waals surface area contributed by atoms with Crippen LogP contribution in [0.15, 0.2) is 54.6 Å². The molecule has 0 spiro atoms. The van der Waals surface area contributed by atoms with E-state index in [0.29, 0.717) is 24.6 Å². The number of benzene rings is 2. The molecule has 136 valence electrons. The Morgan fingerprint density at radius 2 is 1.80 bits per heavy atom. The average Bonchev–Trinajstić information content (AvgIpc) is 2.61. The van der Waals surface area contributed by atoms with Gasteiger partial charge in [-0.15, -0.1) is 12.4 Å². The molecule has 0 radical (unpaired) electrons. The van der Waals surface area contributed by atoms with Crippen molar-refractivity contribution in [2.24, 2.45) is 0 Å². The Hall–Kier alpha value is -1.59. The Balaban J connectivity index is 0.00000312. The van der Waals surface area contributed by atoms with Crippen molar-refractivity contribution in [1.82, 2.24) is 10.6 Å². The Morgan fingerprint density at radius 3 is 2.48 bits per heavy atom. The highest BCUT2D eigenvalue weighted by molar-refractivity contribution is 6.31. The minimum absolute atomic E-state index is 0. The number of halogens is 2. The molecule has 6 heteroatoms. The first kappa shape index (κ1) is 21.5. The zero-order chi connectivity index (χ0) is 17.2. The van der Waals surface area contributed by atoms with E-state index in [1.54, 1.807) is 7.11 Å². The summed E-state index contributed by atoms with van der Waals surface area (Å²) in [6.07, 6.45) is 0.646. The van der Waals surface area contributed by atoms with E-state index in [1.807, 2.05) is 54.6 Å². The van der Waals surface area contributed by atoms with E-state index in [0.717, 1.165) is 11.1 Å². The van der Waals surface area contributed by atoms with E-state index in [4.69, 9.17) is 16.3 Å². The molecule has 0 heterocycles. The zero-order valence-electron chi connectivity index (χ0n) is 14.2. The Kier molecular flexibility index (Phi) is 10.2. The van der Waals surface area contributed by atoms with Crippen LogP contribution in [-0.4, -0.2) is 32.7 Å². The minimum atomic E-state index is -0.122. The zero-order valence-corrected chi connectivity index (χ0v) is 15.8. The van der Waals surface area contributed by atoms with Gasteiger partial charge in [-0.1, -0.05) is 60.1 Å². The number of nitrogens with one attached hydrogen (secondary N) is 2. The molecule has 1 unspecified atom stereocenters. The molecular formula is C19H24Cl2N2O2. The van der Waals surface area contributed by atoms with Crippen molar-refractivity contribution in [3.8, 4) is 0 Å². The first-order valence-electron chi connectivity index (χ1n) is 7.98. The van der Waals surface area contributed by atoms with Crippen LogP contribution in [0.2, 0.25) is 5.02 Å². The van der Waals surface area contributed by atoms with E-state index in [9.17, 15) is 4.79 Å². The Labute approximate surface area is 160 Å². The SMILES string of the molecule is COCCNCC(=O)NC(Cc1ccccc1Cl)c1ccccc1.Cl. The van der Waals surface area contributed by atoms with Gasteiger partial charge in [0.2, 0.25) is 5.91 Å². The van der Waals surface area contributed by atoms with E-state index in [2.05, 4.69) is 10.6 Å². The third-order valence-corrected chi connectivity index (χ3v) is 4.06. The van der Waals surface area contributed by atoms with Crippen LogP contribution in [0.3, 0.4) is 0 Å². The van der Waals surface area contributed by atoms with E-state index < -0.39 is 0 Å². The molecule has 0 aromatic heterocycles. The second-order valence-corrected chi connectivity index (χ2v) is 5.90. The van der Waals surface area contributed by atoms with Crippen molar-refractivity contribution in [2.45, 2.75) is 12.5 Å². The van der Waals surface area contributed by atoms with Gasteiger partial charge in [-0.05, 0) is 23.6 Å². The molecule has 25 heavy (non-hydrogen) atoms. The fourth-order valence-electron chi connectivity index (χ4n) is 2.44. The number of carbonyl (C=O) groups is 1. The maximum atomic E-state index is 12.2. The van der Waals surface area contributed by atoms with Crippen LogP contribution in [0.1, 0.15) is 17.2 Å². The topological polar surface area (TPSA) is 50.4 Å². The van der Waals surface area contributed by atoms with Gasteiger partial charge in [-0.3, -0.25) is 4.79 Å². The van der Waals surface area contributed by atoms with Crippen LogP contribution in [0, 0.1) is 0 Å². The second-order valence-electron chi connectivity index (χ2n) is 5.50. The van der Waals surface area contributed by atoms with Crippen LogP contribution in [0.4, 0.5) is 0 Å². The van der Waals surface area contributed by atoms with Gasteiger partial charge in [0.1, 0.15) is 0 Å². The highest BCUT2D eigenvalue weighted by Gasteiger charge is 2.16. The summed E-state index contributed by atoms with van der Waals surface area (Å²) in [7, 11) is 1.64. The minimum Gasteiger partial charge on any atom is -0.383 e. The molecule has 2 aromatic rings. The Morgan fingerprint density at radius 1 is 1.12 bits per heavy atom. The van der Waals surface area contributed by atoms with Crippen LogP contribution in [0.25, 0.3) is 0 Å². The fourth-order valence-corrected chi connectivity index (χ4v) is 2.66. The largest absolute Gasteiger partial charge is 0.383 e. The van der Waals surface area contributed by atoms with Gasteiger partial charge in [0, 0.05) is 18.7 Å². The lowest BCUT2D eigenvalue weighted by molar-refractivity contribution is -0.121. The number of hydrogen-bond acceptors (Lipinski definition) is 3. The smallest absolute Gasteiger partial charge is 0.234 e. The summed E-state index contributed by atoms with van der Waals surface area (Å²) in [5.41, 5.74) is 2.07. The lowest BCUT2D eigenvalue weighted by atomic mass is 9.98. The molecule has 0 aliphatic carbocycles. The van der Waals surface area contributed by atoms with Gasteiger partial charge in [-0.2, -0.15) is 0 Å². The fraction of sp³-hybridized carbons (Fsp3) is 0.316. The number of amides is 1. The summed E-state index contributed by atoms with van der Waals surface area (Å²) in [4.78, 5) is 12.2. The maximum Gasteiger partial charge on any atom is 0.234 e. The van der Waals surface area contributed by atoms with Crippen molar-refractivity contribution >= 4 is 29.9 Å². The molecule has 0 saturated heterocycles. The van der Waals surface area contributed by atoms with Crippen LogP contribution in [0.5, 0.6) is 0 Å². The second kappa shape index (κ2) is 11.9.